The van der Waals surface area contributed by atoms with Crippen LogP contribution in [0.15, 0.2) is 94.7 Å². The number of phenolic OH excluding ortho intramolecular Hbond substituents is 1. The number of hydrogen-bond acceptors (Lipinski definition) is 6. The molecule has 1 N–H and O–H groups in total. The fourth-order valence-electron chi connectivity index (χ4n) is 3.31. The summed E-state index contributed by atoms with van der Waals surface area (Å²) in [5.41, 5.74) is 2.84. The Labute approximate surface area is 199 Å². The van der Waals surface area contributed by atoms with Crippen molar-refractivity contribution in [1.29, 1.82) is 0 Å². The van der Waals surface area contributed by atoms with Gasteiger partial charge >= 0.3 is 5.97 Å². The van der Waals surface area contributed by atoms with Crippen LogP contribution in [-0.4, -0.2) is 23.5 Å². The summed E-state index contributed by atoms with van der Waals surface area (Å²) in [5.74, 6) is -0.585. The summed E-state index contributed by atoms with van der Waals surface area (Å²) in [5, 5.41) is 17.7. The van der Waals surface area contributed by atoms with Gasteiger partial charge in [-0.1, -0.05) is 62.2 Å². The maximum Gasteiger partial charge on any atom is 0.334 e. The number of allylic oxidation sites excluding steroid dienone is 1. The predicted octanol–water partition coefficient (Wildman–Crippen LogP) is 7.20. The third kappa shape index (κ3) is 6.72. The number of rotatable bonds is 10. The lowest BCUT2D eigenvalue weighted by Crippen LogP contribution is -2.13. The number of benzene rings is 3. The minimum absolute atomic E-state index is 0.157. The molecular formula is C28H28N2O4. The summed E-state index contributed by atoms with van der Waals surface area (Å²) in [4.78, 5) is 26.1. The minimum atomic E-state index is -0.494. The molecule has 3 aromatic carbocycles. The van der Waals surface area contributed by atoms with Gasteiger partial charge in [-0.3, -0.25) is 4.79 Å². The number of nitrogens with zero attached hydrogens (tertiary/aromatic N) is 2. The smallest absolute Gasteiger partial charge is 0.334 e. The molecule has 0 atom stereocenters. The van der Waals surface area contributed by atoms with Gasteiger partial charge in [0.1, 0.15) is 5.75 Å². The van der Waals surface area contributed by atoms with Crippen LogP contribution in [0.2, 0.25) is 0 Å². The van der Waals surface area contributed by atoms with Crippen LogP contribution >= 0.6 is 0 Å². The lowest BCUT2D eigenvalue weighted by Gasteiger charge is -2.12. The molecule has 3 aromatic rings. The van der Waals surface area contributed by atoms with Crippen molar-refractivity contribution in [3.8, 4) is 5.75 Å². The van der Waals surface area contributed by atoms with Gasteiger partial charge < -0.3 is 9.84 Å². The van der Waals surface area contributed by atoms with Crippen LogP contribution in [0.25, 0.3) is 5.57 Å². The average molecular weight is 457 g/mol. The highest BCUT2D eigenvalue weighted by molar-refractivity contribution is 6.32. The van der Waals surface area contributed by atoms with Gasteiger partial charge in [0, 0.05) is 16.7 Å². The monoisotopic (exact) mass is 456 g/mol. The van der Waals surface area contributed by atoms with E-state index in [0.717, 1.165) is 19.3 Å². The van der Waals surface area contributed by atoms with E-state index in [1.165, 1.54) is 12.1 Å². The molecule has 6 nitrogen and oxygen atoms in total. The van der Waals surface area contributed by atoms with E-state index in [-0.39, 0.29) is 17.1 Å². The van der Waals surface area contributed by atoms with Gasteiger partial charge in [-0.25, -0.2) is 4.79 Å². The second kappa shape index (κ2) is 12.3. The third-order valence-electron chi connectivity index (χ3n) is 5.21. The second-order valence-electron chi connectivity index (χ2n) is 7.80. The lowest BCUT2D eigenvalue weighted by molar-refractivity contribution is -0.139. The zero-order chi connectivity index (χ0) is 24.3. The first kappa shape index (κ1) is 24.6. The van der Waals surface area contributed by atoms with Crippen molar-refractivity contribution in [1.82, 2.24) is 0 Å². The summed E-state index contributed by atoms with van der Waals surface area (Å²) in [6.07, 6.45) is 2.80. The molecule has 0 heterocycles. The Morgan fingerprint density at radius 2 is 1.38 bits per heavy atom. The number of ether oxygens (including phenoxy) is 1. The van der Waals surface area contributed by atoms with Crippen LogP contribution in [0.1, 0.15) is 49.0 Å². The van der Waals surface area contributed by atoms with Crippen molar-refractivity contribution in [3.63, 3.8) is 0 Å². The highest BCUT2D eigenvalue weighted by Crippen LogP contribution is 2.27. The van der Waals surface area contributed by atoms with Crippen molar-refractivity contribution >= 4 is 28.7 Å². The summed E-state index contributed by atoms with van der Waals surface area (Å²) >= 11 is 0. The lowest BCUT2D eigenvalue weighted by atomic mass is 9.92. The first-order valence-electron chi connectivity index (χ1n) is 11.3. The molecule has 0 bridgehead atoms. The summed E-state index contributed by atoms with van der Waals surface area (Å²) in [7, 11) is 0. The highest BCUT2D eigenvalue weighted by atomic mass is 16.5. The molecule has 0 saturated heterocycles. The number of unbranched alkanes of at least 4 members (excludes halogenated alkanes) is 2. The number of phenols is 1. The van der Waals surface area contributed by atoms with Crippen molar-refractivity contribution in [2.75, 3.05) is 6.61 Å². The molecule has 0 amide bonds. The van der Waals surface area contributed by atoms with E-state index in [0.29, 0.717) is 34.7 Å². The Kier molecular flexibility index (Phi) is 8.86. The number of aromatic hydroxyl groups is 1. The summed E-state index contributed by atoms with van der Waals surface area (Å²) in [6.45, 7) is 4.03. The second-order valence-corrected chi connectivity index (χ2v) is 7.80. The molecule has 0 aromatic heterocycles. The Balaban J connectivity index is 1.88. The highest BCUT2D eigenvalue weighted by Gasteiger charge is 2.21. The average Bonchev–Trinajstić information content (AvgIpc) is 2.87. The third-order valence-corrected chi connectivity index (χ3v) is 5.21. The maximum absolute atomic E-state index is 13.4. The fraction of sp³-hybridized carbons (Fsp3) is 0.214. The Bertz CT molecular complexity index is 1170. The molecule has 0 saturated carbocycles. The van der Waals surface area contributed by atoms with Gasteiger partial charge in [-0.15, -0.1) is 0 Å². The number of Topliss-reactive ketones (excluding diaryl/α,β-unsaturated/α-hetero) is 1. The zero-order valence-corrected chi connectivity index (χ0v) is 19.4. The standard InChI is InChI=1S/C28H28N2O4/c1-3-4-8-19-34-28(33)20(2)26(27(32)22-9-6-5-7-10-22)21-11-13-23(14-12-21)29-30-24-15-17-25(31)18-16-24/h5-7,9-18,31H,3-4,8,19H2,1-2H3. The van der Waals surface area contributed by atoms with Crippen LogP contribution in [-0.2, 0) is 9.53 Å². The number of azo groups is 1. The van der Waals surface area contributed by atoms with Gasteiger partial charge in [-0.05, 0) is 55.3 Å². The van der Waals surface area contributed by atoms with Gasteiger partial charge in [0.2, 0.25) is 0 Å². The first-order chi connectivity index (χ1) is 16.5. The maximum atomic E-state index is 13.4. The molecular weight excluding hydrogens is 428 g/mol. The van der Waals surface area contributed by atoms with Crippen molar-refractivity contribution in [3.05, 3.63) is 95.6 Å². The van der Waals surface area contributed by atoms with E-state index in [1.54, 1.807) is 67.6 Å². The first-order valence-corrected chi connectivity index (χ1v) is 11.3. The fourth-order valence-corrected chi connectivity index (χ4v) is 3.31. The number of hydrogen-bond donors (Lipinski definition) is 1. The minimum Gasteiger partial charge on any atom is -0.508 e. The topological polar surface area (TPSA) is 88.3 Å². The van der Waals surface area contributed by atoms with Crippen molar-refractivity contribution < 1.29 is 19.4 Å². The van der Waals surface area contributed by atoms with Crippen molar-refractivity contribution in [2.45, 2.75) is 33.1 Å². The quantitative estimate of drug-likeness (QED) is 0.115. The van der Waals surface area contributed by atoms with Crippen LogP contribution in [0.3, 0.4) is 0 Å². The molecule has 0 aliphatic rings. The molecule has 6 heteroatoms. The molecule has 0 unspecified atom stereocenters. The van der Waals surface area contributed by atoms with Gasteiger partial charge in [0.15, 0.2) is 5.78 Å². The molecule has 0 spiro atoms. The van der Waals surface area contributed by atoms with E-state index in [9.17, 15) is 14.7 Å². The summed E-state index contributed by atoms with van der Waals surface area (Å²) < 4.78 is 5.41. The normalized spacial score (nSPS) is 11.8. The summed E-state index contributed by atoms with van der Waals surface area (Å²) in [6, 6.07) is 22.2. The zero-order valence-electron chi connectivity index (χ0n) is 19.4. The van der Waals surface area contributed by atoms with Crippen LogP contribution in [0, 0.1) is 0 Å². The van der Waals surface area contributed by atoms with E-state index in [4.69, 9.17) is 4.74 Å². The van der Waals surface area contributed by atoms with E-state index >= 15 is 0 Å². The van der Waals surface area contributed by atoms with Crippen molar-refractivity contribution in [2.24, 2.45) is 10.2 Å². The van der Waals surface area contributed by atoms with E-state index < -0.39 is 5.97 Å². The van der Waals surface area contributed by atoms with Gasteiger partial charge in [0.25, 0.3) is 0 Å². The molecule has 3 rings (SSSR count). The molecule has 34 heavy (non-hydrogen) atoms. The Morgan fingerprint density at radius 3 is 1.97 bits per heavy atom. The molecule has 0 aliphatic carbocycles. The Hall–Kier alpha value is -4.06. The molecule has 0 aliphatic heterocycles. The van der Waals surface area contributed by atoms with Crippen LogP contribution in [0.4, 0.5) is 11.4 Å². The van der Waals surface area contributed by atoms with Gasteiger partial charge in [-0.2, -0.15) is 10.2 Å². The number of carbonyl (C=O) groups excluding carboxylic acids is 2. The number of carbonyl (C=O) groups is 2. The molecule has 0 radical (unpaired) electrons. The van der Waals surface area contributed by atoms with Crippen LogP contribution in [0.5, 0.6) is 5.75 Å². The molecule has 174 valence electrons. The number of esters is 1. The van der Waals surface area contributed by atoms with E-state index in [2.05, 4.69) is 17.2 Å². The van der Waals surface area contributed by atoms with Gasteiger partial charge in [0.05, 0.1) is 18.0 Å². The largest absolute Gasteiger partial charge is 0.508 e. The SMILES string of the molecule is CCCCCOC(=O)C(C)=C(C(=O)c1ccccc1)c1ccc(N=Nc2ccc(O)cc2)cc1. The predicted molar refractivity (Wildman–Crippen MR) is 133 cm³/mol. The molecule has 0 fully saturated rings. The number of ketones is 1. The van der Waals surface area contributed by atoms with Crippen LogP contribution < -0.4 is 0 Å². The Morgan fingerprint density at radius 1 is 0.794 bits per heavy atom. The van der Waals surface area contributed by atoms with E-state index in [1.807, 2.05) is 6.07 Å².